The first kappa shape index (κ1) is 18.5. The zero-order valence-electron chi connectivity index (χ0n) is 14.9. The lowest BCUT2D eigenvalue weighted by Gasteiger charge is -2.23. The number of hydrogen-bond donors (Lipinski definition) is 1. The van der Waals surface area contributed by atoms with Crippen molar-refractivity contribution in [2.75, 3.05) is 20.6 Å². The third-order valence-electron chi connectivity index (χ3n) is 4.05. The van der Waals surface area contributed by atoms with Gasteiger partial charge >= 0.3 is 0 Å². The van der Waals surface area contributed by atoms with Crippen molar-refractivity contribution in [2.45, 2.75) is 33.2 Å². The van der Waals surface area contributed by atoms with E-state index in [0.29, 0.717) is 5.92 Å². The van der Waals surface area contributed by atoms with Gasteiger partial charge in [-0.1, -0.05) is 40.1 Å². The topological polar surface area (TPSA) is 53.7 Å². The molecule has 2 rings (SSSR count). The molecule has 0 bridgehead atoms. The van der Waals surface area contributed by atoms with Crippen molar-refractivity contribution in [2.24, 2.45) is 4.99 Å². The van der Waals surface area contributed by atoms with E-state index < -0.39 is 0 Å². The molecule has 1 atom stereocenters. The number of aromatic nitrogens is 1. The molecule has 5 nitrogen and oxygen atoms in total. The van der Waals surface area contributed by atoms with Crippen LogP contribution in [0.1, 0.15) is 35.4 Å². The fraction of sp³-hybridized carbons (Fsp3) is 0.444. The Morgan fingerprint density at radius 2 is 2.00 bits per heavy atom. The van der Waals surface area contributed by atoms with Crippen LogP contribution in [0.2, 0.25) is 0 Å². The van der Waals surface area contributed by atoms with Gasteiger partial charge in [-0.2, -0.15) is 0 Å². The van der Waals surface area contributed by atoms with Crippen molar-refractivity contribution < 1.29 is 4.52 Å². The van der Waals surface area contributed by atoms with E-state index in [2.05, 4.69) is 67.5 Å². The molecule has 130 valence electrons. The second kappa shape index (κ2) is 8.33. The monoisotopic (exact) mass is 392 g/mol. The maximum absolute atomic E-state index is 5.26. The molecular weight excluding hydrogens is 368 g/mol. The zero-order chi connectivity index (χ0) is 17.7. The Bertz CT molecular complexity index is 674. The second-order valence-electron chi connectivity index (χ2n) is 6.05. The Morgan fingerprint density at radius 3 is 2.54 bits per heavy atom. The highest BCUT2D eigenvalue weighted by molar-refractivity contribution is 9.10. The quantitative estimate of drug-likeness (QED) is 0.619. The highest BCUT2D eigenvalue weighted by Gasteiger charge is 2.17. The van der Waals surface area contributed by atoms with Crippen LogP contribution in [0.3, 0.4) is 0 Å². The minimum atomic E-state index is 0.300. The third-order valence-corrected chi connectivity index (χ3v) is 4.58. The minimum absolute atomic E-state index is 0.300. The van der Waals surface area contributed by atoms with E-state index >= 15 is 0 Å². The van der Waals surface area contributed by atoms with Crippen LogP contribution in [-0.2, 0) is 6.54 Å². The van der Waals surface area contributed by atoms with E-state index in [9.17, 15) is 0 Å². The van der Waals surface area contributed by atoms with Gasteiger partial charge in [-0.05, 0) is 31.5 Å². The van der Waals surface area contributed by atoms with Gasteiger partial charge in [0, 0.05) is 43.1 Å². The zero-order valence-corrected chi connectivity index (χ0v) is 16.5. The molecule has 1 aromatic heterocycles. The number of aryl methyl sites for hydroxylation is 2. The Labute approximate surface area is 152 Å². The molecule has 0 fully saturated rings. The van der Waals surface area contributed by atoms with Gasteiger partial charge in [-0.15, -0.1) is 0 Å². The molecule has 0 aliphatic carbocycles. The normalized spacial score (nSPS) is 13.0. The molecule has 0 saturated carbocycles. The van der Waals surface area contributed by atoms with Crippen LogP contribution in [0.15, 0.2) is 38.3 Å². The number of hydrogen-bond acceptors (Lipinski definition) is 3. The van der Waals surface area contributed by atoms with Gasteiger partial charge in [-0.3, -0.25) is 4.99 Å². The highest BCUT2D eigenvalue weighted by atomic mass is 79.9. The summed E-state index contributed by atoms with van der Waals surface area (Å²) in [4.78, 5) is 6.50. The molecular formula is C18H25BrN4O. The van der Waals surface area contributed by atoms with E-state index in [1.54, 1.807) is 7.05 Å². The summed E-state index contributed by atoms with van der Waals surface area (Å²) in [5, 5.41) is 7.48. The van der Waals surface area contributed by atoms with Crippen LogP contribution in [0.25, 0.3) is 0 Å². The maximum atomic E-state index is 5.26. The number of nitrogens with one attached hydrogen (secondary N) is 1. The van der Waals surface area contributed by atoms with Crippen LogP contribution in [0.4, 0.5) is 0 Å². The van der Waals surface area contributed by atoms with Crippen molar-refractivity contribution in [3.8, 4) is 0 Å². The van der Waals surface area contributed by atoms with Crippen molar-refractivity contribution in [1.29, 1.82) is 0 Å². The summed E-state index contributed by atoms with van der Waals surface area (Å²) in [6, 6.07) is 8.33. The molecule has 0 radical (unpaired) electrons. The number of aliphatic imine (C=N–C) groups is 1. The molecule has 0 aliphatic heterocycles. The fourth-order valence-corrected chi connectivity index (χ4v) is 3.13. The van der Waals surface area contributed by atoms with Gasteiger partial charge in [0.2, 0.25) is 0 Å². The van der Waals surface area contributed by atoms with E-state index in [-0.39, 0.29) is 0 Å². The van der Waals surface area contributed by atoms with Crippen molar-refractivity contribution >= 4 is 21.9 Å². The lowest BCUT2D eigenvalue weighted by atomic mass is 10.00. The summed E-state index contributed by atoms with van der Waals surface area (Å²) in [6.07, 6.45) is 0. The molecule has 0 aliphatic rings. The average molecular weight is 393 g/mol. The minimum Gasteiger partial charge on any atom is -0.361 e. The molecule has 1 N–H and O–H groups in total. The van der Waals surface area contributed by atoms with Gasteiger partial charge in [-0.25, -0.2) is 0 Å². The van der Waals surface area contributed by atoms with Crippen molar-refractivity contribution in [3.63, 3.8) is 0 Å². The Morgan fingerprint density at radius 1 is 1.33 bits per heavy atom. The summed E-state index contributed by atoms with van der Waals surface area (Å²) in [7, 11) is 3.85. The van der Waals surface area contributed by atoms with Gasteiger partial charge in [0.05, 0.1) is 5.69 Å². The summed E-state index contributed by atoms with van der Waals surface area (Å²) in [6.45, 7) is 7.69. The second-order valence-corrected chi connectivity index (χ2v) is 6.97. The summed E-state index contributed by atoms with van der Waals surface area (Å²) < 4.78 is 6.35. The Kier molecular flexibility index (Phi) is 6.43. The first-order valence-corrected chi connectivity index (χ1v) is 8.80. The first-order chi connectivity index (χ1) is 11.4. The van der Waals surface area contributed by atoms with E-state index in [1.165, 1.54) is 11.1 Å². The lowest BCUT2D eigenvalue weighted by molar-refractivity contribution is 0.391. The van der Waals surface area contributed by atoms with Crippen LogP contribution in [0.5, 0.6) is 0 Å². The first-order valence-electron chi connectivity index (χ1n) is 8.01. The molecule has 0 spiro atoms. The number of guanidine groups is 1. The maximum Gasteiger partial charge on any atom is 0.193 e. The molecule has 1 unspecified atom stereocenters. The van der Waals surface area contributed by atoms with Gasteiger partial charge in [0.15, 0.2) is 5.96 Å². The Hall–Kier alpha value is -1.82. The van der Waals surface area contributed by atoms with Crippen LogP contribution in [-0.4, -0.2) is 36.7 Å². The van der Waals surface area contributed by atoms with Crippen molar-refractivity contribution in [1.82, 2.24) is 15.4 Å². The third kappa shape index (κ3) is 4.60. The molecule has 2 aromatic rings. The molecule has 0 amide bonds. The van der Waals surface area contributed by atoms with Crippen LogP contribution >= 0.6 is 15.9 Å². The summed E-state index contributed by atoms with van der Waals surface area (Å²) in [5.41, 5.74) is 3.37. The van der Waals surface area contributed by atoms with Gasteiger partial charge in [0.25, 0.3) is 0 Å². The standard InChI is InChI=1S/C18H25BrN4O/c1-12(17-13(2)22-24-14(17)3)10-21-18(20-4)23(5)11-15-6-8-16(19)9-7-15/h6-9,12H,10-11H2,1-5H3,(H,20,21). The molecule has 0 saturated heterocycles. The number of benzene rings is 1. The summed E-state index contributed by atoms with van der Waals surface area (Å²) in [5.74, 6) is 2.06. The van der Waals surface area contributed by atoms with Crippen molar-refractivity contribution in [3.05, 3.63) is 51.3 Å². The van der Waals surface area contributed by atoms with E-state index in [1.807, 2.05) is 20.9 Å². The fourth-order valence-electron chi connectivity index (χ4n) is 2.86. The van der Waals surface area contributed by atoms with Gasteiger partial charge < -0.3 is 14.7 Å². The number of halogens is 1. The SMILES string of the molecule is CN=C(NCC(C)c1c(C)noc1C)N(C)Cc1ccc(Br)cc1. The number of nitrogens with zero attached hydrogens (tertiary/aromatic N) is 3. The smallest absolute Gasteiger partial charge is 0.193 e. The van der Waals surface area contributed by atoms with E-state index in [0.717, 1.165) is 35.0 Å². The molecule has 6 heteroatoms. The number of rotatable bonds is 5. The largest absolute Gasteiger partial charge is 0.361 e. The molecule has 1 aromatic carbocycles. The Balaban J connectivity index is 1.95. The molecule has 1 heterocycles. The highest BCUT2D eigenvalue weighted by Crippen LogP contribution is 2.22. The summed E-state index contributed by atoms with van der Waals surface area (Å²) >= 11 is 3.46. The van der Waals surface area contributed by atoms with E-state index in [4.69, 9.17) is 4.52 Å². The predicted octanol–water partition coefficient (Wildman–Crippen LogP) is 3.86. The lowest BCUT2D eigenvalue weighted by Crippen LogP contribution is -2.40. The van der Waals surface area contributed by atoms with Gasteiger partial charge in [0.1, 0.15) is 5.76 Å². The van der Waals surface area contributed by atoms with Crippen LogP contribution in [0, 0.1) is 13.8 Å². The average Bonchev–Trinajstić information content (AvgIpc) is 2.89. The molecule has 24 heavy (non-hydrogen) atoms. The predicted molar refractivity (Wildman–Crippen MR) is 101 cm³/mol. The van der Waals surface area contributed by atoms with Crippen LogP contribution < -0.4 is 5.32 Å².